The molecule has 24 heavy (non-hydrogen) atoms. The van der Waals surface area contributed by atoms with Crippen molar-refractivity contribution in [3.63, 3.8) is 0 Å². The number of methoxy groups -OCH3 is 2. The molecule has 0 radical (unpaired) electrons. The number of amides is 1. The van der Waals surface area contributed by atoms with Crippen LogP contribution in [0.25, 0.3) is 0 Å². The molecule has 0 aliphatic carbocycles. The first-order valence-corrected chi connectivity index (χ1v) is 7.41. The van der Waals surface area contributed by atoms with Gasteiger partial charge < -0.3 is 19.6 Å². The zero-order valence-electron chi connectivity index (χ0n) is 13.7. The number of oxime groups is 1. The minimum atomic E-state index is -0.266. The highest BCUT2D eigenvalue weighted by atomic mass is 16.6. The summed E-state index contributed by atoms with van der Waals surface area (Å²) in [6.45, 7) is 0.198. The van der Waals surface area contributed by atoms with Gasteiger partial charge in [-0.25, -0.2) is 0 Å². The fraction of sp³-hybridized carbons (Fsp3) is 0.222. The Balaban J connectivity index is 1.78. The van der Waals surface area contributed by atoms with Crippen molar-refractivity contribution >= 4 is 12.1 Å². The van der Waals surface area contributed by atoms with E-state index in [1.165, 1.54) is 6.21 Å². The Labute approximate surface area is 141 Å². The number of nitrogens with one attached hydrogen (secondary N) is 1. The summed E-state index contributed by atoms with van der Waals surface area (Å²) in [5.74, 6) is 1.15. The van der Waals surface area contributed by atoms with E-state index in [4.69, 9.17) is 14.3 Å². The molecule has 0 unspecified atom stereocenters. The summed E-state index contributed by atoms with van der Waals surface area (Å²) in [7, 11) is 3.18. The van der Waals surface area contributed by atoms with Crippen molar-refractivity contribution in [3.8, 4) is 11.5 Å². The Morgan fingerprint density at radius 3 is 2.46 bits per heavy atom. The summed E-state index contributed by atoms with van der Waals surface area (Å²) in [6.07, 6.45) is 1.51. The van der Waals surface area contributed by atoms with Crippen LogP contribution in [0.1, 0.15) is 11.1 Å². The van der Waals surface area contributed by atoms with Crippen LogP contribution in [-0.4, -0.2) is 32.9 Å². The molecule has 6 nitrogen and oxygen atoms in total. The quantitative estimate of drug-likeness (QED) is 0.597. The van der Waals surface area contributed by atoms with E-state index in [0.717, 1.165) is 16.9 Å². The molecule has 0 aliphatic rings. The number of hydrogen-bond donors (Lipinski definition) is 1. The van der Waals surface area contributed by atoms with Gasteiger partial charge in [0.05, 0.1) is 20.4 Å². The fourth-order valence-electron chi connectivity index (χ4n) is 2.06. The van der Waals surface area contributed by atoms with Crippen molar-refractivity contribution in [2.45, 2.75) is 6.54 Å². The summed E-state index contributed by atoms with van der Waals surface area (Å²) < 4.78 is 10.4. The number of benzene rings is 2. The lowest BCUT2D eigenvalue weighted by molar-refractivity contribution is -0.125. The monoisotopic (exact) mass is 328 g/mol. The summed E-state index contributed by atoms with van der Waals surface area (Å²) in [5, 5.41) is 6.54. The highest BCUT2D eigenvalue weighted by molar-refractivity contribution is 5.83. The molecule has 0 aromatic heterocycles. The standard InChI is InChI=1S/C18H20N2O4/c1-22-16-9-5-3-7-14(16)11-19-18(21)13-24-20-12-15-8-4-6-10-17(15)23-2/h3-10,12H,11,13H2,1-2H3,(H,19,21)/b20-12-. The van der Waals surface area contributed by atoms with E-state index in [1.807, 2.05) is 48.5 Å². The highest BCUT2D eigenvalue weighted by Gasteiger charge is 2.05. The summed E-state index contributed by atoms with van der Waals surface area (Å²) in [6, 6.07) is 14.9. The van der Waals surface area contributed by atoms with Gasteiger partial charge in [0, 0.05) is 17.7 Å². The van der Waals surface area contributed by atoms with Crippen LogP contribution in [-0.2, 0) is 16.2 Å². The molecule has 0 bridgehead atoms. The molecule has 2 rings (SSSR count). The number of hydrogen-bond acceptors (Lipinski definition) is 5. The lowest BCUT2D eigenvalue weighted by atomic mass is 10.2. The van der Waals surface area contributed by atoms with Crippen LogP contribution in [0.5, 0.6) is 11.5 Å². The van der Waals surface area contributed by atoms with Gasteiger partial charge in [-0.2, -0.15) is 0 Å². The number of rotatable bonds is 8. The molecule has 2 aromatic carbocycles. The topological polar surface area (TPSA) is 69.2 Å². The third-order valence-electron chi connectivity index (χ3n) is 3.27. The molecule has 0 saturated heterocycles. The van der Waals surface area contributed by atoms with E-state index in [2.05, 4.69) is 10.5 Å². The van der Waals surface area contributed by atoms with Crippen LogP contribution < -0.4 is 14.8 Å². The van der Waals surface area contributed by atoms with Crippen molar-refractivity contribution in [2.24, 2.45) is 5.16 Å². The number of ether oxygens (including phenoxy) is 2. The lowest BCUT2D eigenvalue weighted by Gasteiger charge is -2.09. The number of carbonyl (C=O) groups is 1. The molecule has 1 amide bonds. The fourth-order valence-corrected chi connectivity index (χ4v) is 2.06. The number of nitrogens with zero attached hydrogens (tertiary/aromatic N) is 1. The molecule has 0 atom stereocenters. The van der Waals surface area contributed by atoms with Crippen LogP contribution >= 0.6 is 0 Å². The SMILES string of the molecule is COc1ccccc1/C=N\OCC(=O)NCc1ccccc1OC. The van der Waals surface area contributed by atoms with Crippen LogP contribution in [0, 0.1) is 0 Å². The molecule has 0 aliphatic heterocycles. The first kappa shape index (κ1) is 17.3. The van der Waals surface area contributed by atoms with Crippen molar-refractivity contribution in [3.05, 3.63) is 59.7 Å². The Kier molecular flexibility index (Phi) is 6.64. The second-order valence-electron chi connectivity index (χ2n) is 4.84. The maximum atomic E-state index is 11.8. The van der Waals surface area contributed by atoms with Gasteiger partial charge in [0.15, 0.2) is 6.61 Å². The molecule has 6 heteroatoms. The van der Waals surface area contributed by atoms with Gasteiger partial charge in [-0.15, -0.1) is 0 Å². The Bertz CT molecular complexity index is 701. The second-order valence-corrected chi connectivity index (χ2v) is 4.84. The maximum absolute atomic E-state index is 11.8. The van der Waals surface area contributed by atoms with Gasteiger partial charge >= 0.3 is 0 Å². The Hall–Kier alpha value is -3.02. The molecular formula is C18H20N2O4. The first-order chi connectivity index (χ1) is 11.7. The average Bonchev–Trinajstić information content (AvgIpc) is 2.64. The van der Waals surface area contributed by atoms with E-state index in [0.29, 0.717) is 12.3 Å². The zero-order chi connectivity index (χ0) is 17.2. The first-order valence-electron chi connectivity index (χ1n) is 7.41. The highest BCUT2D eigenvalue weighted by Crippen LogP contribution is 2.16. The second kappa shape index (κ2) is 9.19. The van der Waals surface area contributed by atoms with Crippen molar-refractivity contribution in [1.29, 1.82) is 0 Å². The maximum Gasteiger partial charge on any atom is 0.261 e. The van der Waals surface area contributed by atoms with E-state index in [9.17, 15) is 4.79 Å². The smallest absolute Gasteiger partial charge is 0.261 e. The van der Waals surface area contributed by atoms with Crippen LogP contribution in [0.15, 0.2) is 53.7 Å². The Morgan fingerprint density at radius 1 is 1.04 bits per heavy atom. The van der Waals surface area contributed by atoms with Crippen molar-refractivity contribution < 1.29 is 19.1 Å². The summed E-state index contributed by atoms with van der Waals surface area (Å²) >= 11 is 0. The molecule has 126 valence electrons. The van der Waals surface area contributed by atoms with E-state index < -0.39 is 0 Å². The Morgan fingerprint density at radius 2 is 1.71 bits per heavy atom. The molecule has 0 fully saturated rings. The van der Waals surface area contributed by atoms with Gasteiger partial charge in [-0.05, 0) is 18.2 Å². The van der Waals surface area contributed by atoms with Crippen LogP contribution in [0.2, 0.25) is 0 Å². The zero-order valence-corrected chi connectivity index (χ0v) is 13.7. The van der Waals surface area contributed by atoms with E-state index >= 15 is 0 Å². The molecular weight excluding hydrogens is 308 g/mol. The van der Waals surface area contributed by atoms with Gasteiger partial charge in [-0.3, -0.25) is 4.79 Å². The van der Waals surface area contributed by atoms with Gasteiger partial charge in [0.25, 0.3) is 5.91 Å². The van der Waals surface area contributed by atoms with Gasteiger partial charge in [0.2, 0.25) is 0 Å². The molecule has 0 heterocycles. The van der Waals surface area contributed by atoms with Crippen LogP contribution in [0.3, 0.4) is 0 Å². The largest absolute Gasteiger partial charge is 0.496 e. The van der Waals surface area contributed by atoms with Crippen molar-refractivity contribution in [1.82, 2.24) is 5.32 Å². The van der Waals surface area contributed by atoms with Crippen molar-refractivity contribution in [2.75, 3.05) is 20.8 Å². The number of carbonyl (C=O) groups excluding carboxylic acids is 1. The minimum absolute atomic E-state index is 0.166. The third kappa shape index (κ3) is 5.01. The van der Waals surface area contributed by atoms with E-state index in [1.54, 1.807) is 14.2 Å². The minimum Gasteiger partial charge on any atom is -0.496 e. The van der Waals surface area contributed by atoms with Crippen LogP contribution in [0.4, 0.5) is 0 Å². The van der Waals surface area contributed by atoms with Gasteiger partial charge in [-0.1, -0.05) is 35.5 Å². The predicted octanol–water partition coefficient (Wildman–Crippen LogP) is 2.37. The molecule has 0 saturated carbocycles. The average molecular weight is 328 g/mol. The predicted molar refractivity (Wildman–Crippen MR) is 91.4 cm³/mol. The van der Waals surface area contributed by atoms with Gasteiger partial charge in [0.1, 0.15) is 11.5 Å². The summed E-state index contributed by atoms with van der Waals surface area (Å²) in [4.78, 5) is 16.8. The molecule has 1 N–H and O–H groups in total. The third-order valence-corrected chi connectivity index (χ3v) is 3.27. The molecule has 0 spiro atoms. The summed E-state index contributed by atoms with van der Waals surface area (Å²) in [5.41, 5.74) is 1.67. The normalized spacial score (nSPS) is 10.4. The molecule has 2 aromatic rings. The lowest BCUT2D eigenvalue weighted by Crippen LogP contribution is -2.26. The number of para-hydroxylation sites is 2. The van der Waals surface area contributed by atoms with E-state index in [-0.39, 0.29) is 12.5 Å².